The smallest absolute Gasteiger partial charge is 0.253 e. The predicted octanol–water partition coefficient (Wildman–Crippen LogP) is 3.15. The van der Waals surface area contributed by atoms with E-state index in [-0.39, 0.29) is 5.91 Å². The Kier molecular flexibility index (Phi) is 3.39. The molecular formula is C15H12ClN3O. The van der Waals surface area contributed by atoms with Gasteiger partial charge in [-0.2, -0.15) is 0 Å². The zero-order valence-corrected chi connectivity index (χ0v) is 11.3. The third-order valence-corrected chi connectivity index (χ3v) is 3.41. The van der Waals surface area contributed by atoms with Crippen molar-refractivity contribution in [2.45, 2.75) is 6.54 Å². The summed E-state index contributed by atoms with van der Waals surface area (Å²) in [5.41, 5.74) is 1.55. The molecule has 1 aromatic carbocycles. The van der Waals surface area contributed by atoms with Crippen LogP contribution in [0.15, 0.2) is 48.9 Å². The number of aromatic amines is 1. The minimum Gasteiger partial charge on any atom is -0.367 e. The van der Waals surface area contributed by atoms with Gasteiger partial charge in [0.05, 0.1) is 5.56 Å². The van der Waals surface area contributed by atoms with Crippen molar-refractivity contribution in [1.82, 2.24) is 15.3 Å². The second kappa shape index (κ2) is 5.35. The predicted molar refractivity (Wildman–Crippen MR) is 78.7 cm³/mol. The van der Waals surface area contributed by atoms with Crippen molar-refractivity contribution >= 4 is 28.3 Å². The number of carbonyl (C=O) groups is 1. The Balaban J connectivity index is 1.90. The maximum atomic E-state index is 12.3. The largest absolute Gasteiger partial charge is 0.367 e. The SMILES string of the molecule is O=C(NCc1cc[nH]c1)c1cnc(Cl)c2ccccc12. The lowest BCUT2D eigenvalue weighted by Crippen LogP contribution is -2.23. The number of rotatable bonds is 3. The van der Waals surface area contributed by atoms with Crippen LogP contribution >= 0.6 is 11.6 Å². The van der Waals surface area contributed by atoms with Crippen molar-refractivity contribution in [3.05, 3.63) is 65.2 Å². The van der Waals surface area contributed by atoms with E-state index in [0.29, 0.717) is 17.3 Å². The minimum absolute atomic E-state index is 0.161. The second-order valence-corrected chi connectivity index (χ2v) is 4.77. The maximum Gasteiger partial charge on any atom is 0.253 e. The van der Waals surface area contributed by atoms with E-state index in [9.17, 15) is 4.79 Å². The van der Waals surface area contributed by atoms with Crippen LogP contribution < -0.4 is 5.32 Å². The summed E-state index contributed by atoms with van der Waals surface area (Å²) in [7, 11) is 0. The summed E-state index contributed by atoms with van der Waals surface area (Å²) in [4.78, 5) is 19.3. The molecule has 4 nitrogen and oxygen atoms in total. The van der Waals surface area contributed by atoms with Crippen LogP contribution in [0.4, 0.5) is 0 Å². The third-order valence-electron chi connectivity index (χ3n) is 3.11. The van der Waals surface area contributed by atoms with Crippen LogP contribution in [0.25, 0.3) is 10.8 Å². The van der Waals surface area contributed by atoms with E-state index >= 15 is 0 Å². The molecule has 0 bridgehead atoms. The zero-order chi connectivity index (χ0) is 13.9. The summed E-state index contributed by atoms with van der Waals surface area (Å²) >= 11 is 6.05. The van der Waals surface area contributed by atoms with E-state index in [2.05, 4.69) is 15.3 Å². The van der Waals surface area contributed by atoms with Crippen LogP contribution in [0.3, 0.4) is 0 Å². The van der Waals surface area contributed by atoms with Gasteiger partial charge < -0.3 is 10.3 Å². The Bertz CT molecular complexity index is 753. The number of benzene rings is 1. The molecule has 0 saturated heterocycles. The van der Waals surface area contributed by atoms with Crippen LogP contribution in [-0.2, 0) is 6.54 Å². The molecule has 1 amide bonds. The van der Waals surface area contributed by atoms with Gasteiger partial charge in [-0.25, -0.2) is 4.98 Å². The lowest BCUT2D eigenvalue weighted by molar-refractivity contribution is 0.0952. The highest BCUT2D eigenvalue weighted by Gasteiger charge is 2.12. The molecule has 0 fully saturated rings. The van der Waals surface area contributed by atoms with E-state index in [1.54, 1.807) is 0 Å². The number of hydrogen-bond acceptors (Lipinski definition) is 2. The van der Waals surface area contributed by atoms with Gasteiger partial charge in [0.25, 0.3) is 5.91 Å². The van der Waals surface area contributed by atoms with Crippen LogP contribution in [-0.4, -0.2) is 15.9 Å². The van der Waals surface area contributed by atoms with Crippen LogP contribution in [0.1, 0.15) is 15.9 Å². The molecule has 3 rings (SSSR count). The van der Waals surface area contributed by atoms with E-state index in [1.807, 2.05) is 42.7 Å². The average Bonchev–Trinajstić information content (AvgIpc) is 2.99. The van der Waals surface area contributed by atoms with E-state index in [4.69, 9.17) is 11.6 Å². The van der Waals surface area contributed by atoms with E-state index in [1.165, 1.54) is 6.20 Å². The fourth-order valence-corrected chi connectivity index (χ4v) is 2.30. The number of carbonyl (C=O) groups excluding carboxylic acids is 1. The fourth-order valence-electron chi connectivity index (χ4n) is 2.09. The van der Waals surface area contributed by atoms with Gasteiger partial charge in [-0.1, -0.05) is 35.9 Å². The number of nitrogens with one attached hydrogen (secondary N) is 2. The molecule has 2 N–H and O–H groups in total. The Labute approximate surface area is 120 Å². The van der Waals surface area contributed by atoms with Gasteiger partial charge in [-0.15, -0.1) is 0 Å². The molecule has 20 heavy (non-hydrogen) atoms. The Morgan fingerprint density at radius 2 is 2.05 bits per heavy atom. The van der Waals surface area contributed by atoms with E-state index < -0.39 is 0 Å². The Morgan fingerprint density at radius 3 is 2.80 bits per heavy atom. The molecule has 0 radical (unpaired) electrons. The van der Waals surface area contributed by atoms with Gasteiger partial charge in [0.2, 0.25) is 0 Å². The molecule has 100 valence electrons. The number of hydrogen-bond donors (Lipinski definition) is 2. The molecule has 0 unspecified atom stereocenters. The zero-order valence-electron chi connectivity index (χ0n) is 10.6. The average molecular weight is 286 g/mol. The fraction of sp³-hybridized carbons (Fsp3) is 0.0667. The molecule has 0 aliphatic carbocycles. The Hall–Kier alpha value is -2.33. The van der Waals surface area contributed by atoms with Crippen molar-refractivity contribution < 1.29 is 4.79 Å². The lowest BCUT2D eigenvalue weighted by Gasteiger charge is -2.08. The summed E-state index contributed by atoms with van der Waals surface area (Å²) in [5, 5.41) is 4.86. The second-order valence-electron chi connectivity index (χ2n) is 4.41. The molecule has 5 heteroatoms. The van der Waals surface area contributed by atoms with Crippen molar-refractivity contribution in [3.63, 3.8) is 0 Å². The van der Waals surface area contributed by atoms with Gasteiger partial charge in [0.15, 0.2) is 0 Å². The molecule has 0 aliphatic rings. The van der Waals surface area contributed by atoms with Crippen LogP contribution in [0.2, 0.25) is 5.15 Å². The first kappa shape index (κ1) is 12.7. The standard InChI is InChI=1S/C15H12ClN3O/c16-14-12-4-2-1-3-11(12)13(9-18-14)15(20)19-8-10-5-6-17-7-10/h1-7,9,17H,8H2,(H,19,20). The van der Waals surface area contributed by atoms with Gasteiger partial charge in [-0.3, -0.25) is 4.79 Å². The lowest BCUT2D eigenvalue weighted by atomic mass is 10.1. The number of fused-ring (bicyclic) bond motifs is 1. The summed E-state index contributed by atoms with van der Waals surface area (Å²) in [5.74, 6) is -0.161. The summed E-state index contributed by atoms with van der Waals surface area (Å²) < 4.78 is 0. The summed E-state index contributed by atoms with van der Waals surface area (Å²) in [6.07, 6.45) is 5.18. The van der Waals surface area contributed by atoms with Crippen LogP contribution in [0.5, 0.6) is 0 Å². The maximum absolute atomic E-state index is 12.3. The first-order valence-corrected chi connectivity index (χ1v) is 6.56. The number of aromatic nitrogens is 2. The first-order chi connectivity index (χ1) is 9.75. The van der Waals surface area contributed by atoms with Crippen molar-refractivity contribution in [3.8, 4) is 0 Å². The highest BCUT2D eigenvalue weighted by Crippen LogP contribution is 2.24. The normalized spacial score (nSPS) is 10.7. The molecule has 0 spiro atoms. The topological polar surface area (TPSA) is 57.8 Å². The first-order valence-electron chi connectivity index (χ1n) is 6.19. The van der Waals surface area contributed by atoms with Crippen molar-refractivity contribution in [2.24, 2.45) is 0 Å². The van der Waals surface area contributed by atoms with Crippen molar-refractivity contribution in [2.75, 3.05) is 0 Å². The molecule has 0 saturated carbocycles. The van der Waals surface area contributed by atoms with Gasteiger partial charge >= 0.3 is 0 Å². The van der Waals surface area contributed by atoms with E-state index in [0.717, 1.165) is 16.3 Å². The van der Waals surface area contributed by atoms with Crippen molar-refractivity contribution in [1.29, 1.82) is 0 Å². The highest BCUT2D eigenvalue weighted by atomic mass is 35.5. The molecule has 2 aromatic heterocycles. The highest BCUT2D eigenvalue weighted by molar-refractivity contribution is 6.34. The number of H-pyrrole nitrogens is 1. The monoisotopic (exact) mass is 285 g/mol. The van der Waals surface area contributed by atoms with Crippen LogP contribution in [0, 0.1) is 0 Å². The van der Waals surface area contributed by atoms with Gasteiger partial charge in [0, 0.05) is 30.5 Å². The minimum atomic E-state index is -0.161. The number of amides is 1. The molecular weight excluding hydrogens is 274 g/mol. The quantitative estimate of drug-likeness (QED) is 0.726. The number of nitrogens with zero attached hydrogens (tertiary/aromatic N) is 1. The Morgan fingerprint density at radius 1 is 1.25 bits per heavy atom. The third kappa shape index (κ3) is 2.38. The number of halogens is 1. The molecule has 2 heterocycles. The summed E-state index contributed by atoms with van der Waals surface area (Å²) in [6, 6.07) is 9.39. The van der Waals surface area contributed by atoms with Gasteiger partial charge in [0.1, 0.15) is 5.15 Å². The number of pyridine rings is 1. The molecule has 0 aliphatic heterocycles. The molecule has 3 aromatic rings. The molecule has 0 atom stereocenters. The van der Waals surface area contributed by atoms with Gasteiger partial charge in [-0.05, 0) is 17.0 Å². The summed E-state index contributed by atoms with van der Waals surface area (Å²) in [6.45, 7) is 0.472.